The van der Waals surface area contributed by atoms with Gasteiger partial charge in [-0.3, -0.25) is 9.36 Å². The van der Waals surface area contributed by atoms with E-state index >= 15 is 0 Å². The number of aromatic amines is 1. The lowest BCUT2D eigenvalue weighted by molar-refractivity contribution is 0.0927. The Kier molecular flexibility index (Phi) is 3.90. The molecule has 0 bridgehead atoms. The Morgan fingerprint density at radius 2 is 2.19 bits per heavy atom. The van der Waals surface area contributed by atoms with Crippen LogP contribution in [0.15, 0.2) is 23.0 Å². The van der Waals surface area contributed by atoms with Crippen LogP contribution in [0.1, 0.15) is 60.7 Å². The van der Waals surface area contributed by atoms with Crippen LogP contribution in [0.2, 0.25) is 0 Å². The molecule has 0 aliphatic carbocycles. The number of aromatic nitrogens is 5. The van der Waals surface area contributed by atoms with Gasteiger partial charge in [0.05, 0.1) is 17.1 Å². The van der Waals surface area contributed by atoms with Crippen molar-refractivity contribution in [2.24, 2.45) is 7.05 Å². The molecule has 1 unspecified atom stereocenters. The van der Waals surface area contributed by atoms with Crippen molar-refractivity contribution in [3.8, 4) is 0 Å². The summed E-state index contributed by atoms with van der Waals surface area (Å²) < 4.78 is 3.40. The molecular weight excluding hydrogens is 332 g/mol. The zero-order chi connectivity index (χ0) is 18.4. The van der Waals surface area contributed by atoms with E-state index < -0.39 is 0 Å². The lowest BCUT2D eigenvalue weighted by Gasteiger charge is -2.23. The number of hydrogen-bond donors (Lipinski definition) is 2. The lowest BCUT2D eigenvalue weighted by atomic mass is 10.1. The number of amides is 1. The van der Waals surface area contributed by atoms with Gasteiger partial charge in [0.1, 0.15) is 5.82 Å². The molecule has 0 saturated carbocycles. The molecule has 3 aromatic rings. The van der Waals surface area contributed by atoms with Crippen LogP contribution in [0.5, 0.6) is 0 Å². The summed E-state index contributed by atoms with van der Waals surface area (Å²) in [4.78, 5) is 31.9. The molecule has 0 radical (unpaired) electrons. The van der Waals surface area contributed by atoms with Gasteiger partial charge in [0, 0.05) is 25.1 Å². The minimum Gasteiger partial charge on any atom is -0.342 e. The van der Waals surface area contributed by atoms with Crippen molar-refractivity contribution in [3.63, 3.8) is 0 Å². The van der Waals surface area contributed by atoms with Crippen molar-refractivity contribution in [1.29, 1.82) is 0 Å². The van der Waals surface area contributed by atoms with Crippen LogP contribution in [0.25, 0.3) is 11.0 Å². The molecule has 1 atom stereocenters. The molecule has 8 heteroatoms. The monoisotopic (exact) mass is 354 g/mol. The summed E-state index contributed by atoms with van der Waals surface area (Å²) in [5.41, 5.74) is 1.75. The van der Waals surface area contributed by atoms with Gasteiger partial charge in [-0.15, -0.1) is 0 Å². The normalized spacial score (nSPS) is 16.8. The standard InChI is InChI=1S/C18H22N6O2/c1-10(2)15-21-16-13(5-4-8-24(16)22-15)19-17(25)11-6-7-12-14(9-11)23(3)18(26)20-12/h6-7,9-10,13H,4-5,8H2,1-3H3,(H,19,25)(H,20,26). The number of carbonyl (C=O) groups excluding carboxylic acids is 1. The minimum atomic E-state index is -0.195. The van der Waals surface area contributed by atoms with E-state index in [1.54, 1.807) is 25.2 Å². The molecule has 8 nitrogen and oxygen atoms in total. The zero-order valence-electron chi connectivity index (χ0n) is 15.1. The maximum Gasteiger partial charge on any atom is 0.326 e. The van der Waals surface area contributed by atoms with Gasteiger partial charge in [0.25, 0.3) is 5.91 Å². The maximum absolute atomic E-state index is 12.8. The Morgan fingerprint density at radius 1 is 1.38 bits per heavy atom. The summed E-state index contributed by atoms with van der Waals surface area (Å²) in [6.07, 6.45) is 1.79. The van der Waals surface area contributed by atoms with E-state index in [4.69, 9.17) is 0 Å². The Balaban J connectivity index is 1.61. The highest BCUT2D eigenvalue weighted by Crippen LogP contribution is 2.25. The van der Waals surface area contributed by atoms with Gasteiger partial charge in [0.2, 0.25) is 0 Å². The smallest absolute Gasteiger partial charge is 0.326 e. The number of fused-ring (bicyclic) bond motifs is 2. The fraction of sp³-hybridized carbons (Fsp3) is 0.444. The van der Waals surface area contributed by atoms with Crippen LogP contribution in [0.3, 0.4) is 0 Å². The first-order valence-electron chi connectivity index (χ1n) is 8.88. The third kappa shape index (κ3) is 2.71. The van der Waals surface area contributed by atoms with Crippen LogP contribution in [-0.2, 0) is 13.6 Å². The zero-order valence-corrected chi connectivity index (χ0v) is 15.1. The predicted octanol–water partition coefficient (Wildman–Crippen LogP) is 1.85. The Morgan fingerprint density at radius 3 is 2.96 bits per heavy atom. The van der Waals surface area contributed by atoms with E-state index in [0.29, 0.717) is 16.6 Å². The van der Waals surface area contributed by atoms with Crippen LogP contribution >= 0.6 is 0 Å². The summed E-state index contributed by atoms with van der Waals surface area (Å²) in [6.45, 7) is 4.95. The molecule has 26 heavy (non-hydrogen) atoms. The second kappa shape index (κ2) is 6.12. The number of nitrogens with one attached hydrogen (secondary N) is 2. The van der Waals surface area contributed by atoms with E-state index in [9.17, 15) is 9.59 Å². The Hall–Kier alpha value is -2.90. The first-order chi connectivity index (χ1) is 12.4. The highest BCUT2D eigenvalue weighted by molar-refractivity contribution is 5.97. The van der Waals surface area contributed by atoms with E-state index in [1.807, 2.05) is 4.68 Å². The molecule has 1 amide bonds. The Labute approximate surface area is 150 Å². The Bertz CT molecular complexity index is 1040. The molecule has 2 aromatic heterocycles. The van der Waals surface area contributed by atoms with Gasteiger partial charge in [-0.25, -0.2) is 14.5 Å². The SMILES string of the molecule is CC(C)c1nc2n(n1)CCCC2NC(=O)c1ccc2[nH]c(=O)n(C)c2c1. The molecule has 3 heterocycles. The molecule has 0 fully saturated rings. The van der Waals surface area contributed by atoms with E-state index in [-0.39, 0.29) is 23.6 Å². The largest absolute Gasteiger partial charge is 0.342 e. The molecule has 136 valence electrons. The second-order valence-electron chi connectivity index (χ2n) is 7.10. The molecule has 0 spiro atoms. The summed E-state index contributed by atoms with van der Waals surface area (Å²) in [7, 11) is 1.68. The number of H-pyrrole nitrogens is 1. The molecule has 1 aromatic carbocycles. The summed E-state index contributed by atoms with van der Waals surface area (Å²) in [6, 6.07) is 5.06. The third-order valence-electron chi connectivity index (χ3n) is 4.88. The van der Waals surface area contributed by atoms with Crippen molar-refractivity contribution < 1.29 is 4.79 Å². The molecule has 1 aliphatic rings. The number of benzene rings is 1. The summed E-state index contributed by atoms with van der Waals surface area (Å²) in [5, 5.41) is 7.62. The van der Waals surface area contributed by atoms with Crippen molar-refractivity contribution >= 4 is 16.9 Å². The predicted molar refractivity (Wildman–Crippen MR) is 97.1 cm³/mol. The average Bonchev–Trinajstić information content (AvgIpc) is 3.17. The summed E-state index contributed by atoms with van der Waals surface area (Å²) in [5.74, 6) is 1.71. The van der Waals surface area contributed by atoms with Crippen LogP contribution in [-0.4, -0.2) is 30.2 Å². The number of hydrogen-bond acceptors (Lipinski definition) is 4. The van der Waals surface area contributed by atoms with Crippen molar-refractivity contribution in [2.45, 2.75) is 45.2 Å². The van der Waals surface area contributed by atoms with E-state index in [2.05, 4.69) is 34.2 Å². The van der Waals surface area contributed by atoms with Gasteiger partial charge in [0.15, 0.2) is 5.82 Å². The van der Waals surface area contributed by atoms with Crippen LogP contribution < -0.4 is 11.0 Å². The van der Waals surface area contributed by atoms with Gasteiger partial charge in [-0.1, -0.05) is 13.8 Å². The van der Waals surface area contributed by atoms with Gasteiger partial charge < -0.3 is 10.3 Å². The van der Waals surface area contributed by atoms with Crippen LogP contribution in [0.4, 0.5) is 0 Å². The minimum absolute atomic E-state index is 0.151. The maximum atomic E-state index is 12.8. The lowest BCUT2D eigenvalue weighted by Crippen LogP contribution is -2.33. The molecule has 0 saturated heterocycles. The average molecular weight is 354 g/mol. The number of imidazole rings is 1. The third-order valence-corrected chi connectivity index (χ3v) is 4.88. The fourth-order valence-corrected chi connectivity index (χ4v) is 3.36. The van der Waals surface area contributed by atoms with E-state index in [0.717, 1.165) is 31.0 Å². The topological polar surface area (TPSA) is 97.6 Å². The van der Waals surface area contributed by atoms with Gasteiger partial charge in [-0.05, 0) is 31.0 Å². The van der Waals surface area contributed by atoms with Gasteiger partial charge in [-0.2, -0.15) is 5.10 Å². The molecule has 1 aliphatic heterocycles. The second-order valence-corrected chi connectivity index (χ2v) is 7.10. The van der Waals surface area contributed by atoms with Crippen molar-refractivity contribution in [3.05, 3.63) is 45.9 Å². The number of aryl methyl sites for hydroxylation is 2. The number of rotatable bonds is 3. The molecule has 2 N–H and O–H groups in total. The van der Waals surface area contributed by atoms with Crippen LogP contribution in [0, 0.1) is 0 Å². The number of carbonyl (C=O) groups is 1. The molecular formula is C18H22N6O2. The first-order valence-corrected chi connectivity index (χ1v) is 8.88. The quantitative estimate of drug-likeness (QED) is 0.750. The van der Waals surface area contributed by atoms with Gasteiger partial charge >= 0.3 is 5.69 Å². The molecule has 4 rings (SSSR count). The van der Waals surface area contributed by atoms with E-state index in [1.165, 1.54) is 4.57 Å². The summed E-state index contributed by atoms with van der Waals surface area (Å²) >= 11 is 0. The number of nitrogens with zero attached hydrogens (tertiary/aromatic N) is 4. The highest BCUT2D eigenvalue weighted by atomic mass is 16.2. The van der Waals surface area contributed by atoms with Crippen molar-refractivity contribution in [2.75, 3.05) is 0 Å². The highest BCUT2D eigenvalue weighted by Gasteiger charge is 2.26. The fourth-order valence-electron chi connectivity index (χ4n) is 3.36. The van der Waals surface area contributed by atoms with Crippen molar-refractivity contribution in [1.82, 2.24) is 29.6 Å². The first kappa shape index (κ1) is 16.6.